The summed E-state index contributed by atoms with van der Waals surface area (Å²) in [6, 6.07) is 21.7. The van der Waals surface area contributed by atoms with Crippen LogP contribution in [-0.4, -0.2) is 52.4 Å². The average Bonchev–Trinajstić information content (AvgIpc) is 3.15. The lowest BCUT2D eigenvalue weighted by Gasteiger charge is -2.11. The van der Waals surface area contributed by atoms with Crippen molar-refractivity contribution in [1.29, 1.82) is 0 Å². The Morgan fingerprint density at radius 1 is 1.00 bits per heavy atom. The summed E-state index contributed by atoms with van der Waals surface area (Å²) in [5.41, 5.74) is 5.84. The number of hydrogen-bond acceptors (Lipinski definition) is 4. The molecule has 4 rings (SSSR count). The number of aromatic amines is 1. The molecule has 7 heteroatoms. The molecule has 3 aromatic carbocycles. The maximum absolute atomic E-state index is 10.9. The number of carboxylic acids is 1. The van der Waals surface area contributed by atoms with Gasteiger partial charge < -0.3 is 20.1 Å². The number of aliphatic imine (C=N–C) groups is 1. The lowest BCUT2D eigenvalue weighted by Crippen LogP contribution is -2.14. The highest BCUT2D eigenvalue weighted by molar-refractivity contribution is 9.10. The van der Waals surface area contributed by atoms with Crippen molar-refractivity contribution in [3.05, 3.63) is 93.5 Å². The summed E-state index contributed by atoms with van der Waals surface area (Å²) in [4.78, 5) is 21.2. The number of aromatic nitrogens is 1. The minimum absolute atomic E-state index is 0.0515. The van der Waals surface area contributed by atoms with Crippen molar-refractivity contribution in [3.63, 3.8) is 0 Å². The average molecular weight is 534 g/mol. The number of nitrogens with zero attached hydrogens (tertiary/aromatic N) is 2. The van der Waals surface area contributed by atoms with Crippen molar-refractivity contribution >= 4 is 44.2 Å². The van der Waals surface area contributed by atoms with E-state index in [4.69, 9.17) is 10.1 Å². The van der Waals surface area contributed by atoms with Crippen LogP contribution in [0.3, 0.4) is 0 Å². The predicted octanol–water partition coefficient (Wildman–Crippen LogP) is 5.93. The summed E-state index contributed by atoms with van der Waals surface area (Å²) in [6.07, 6.45) is 1.46. The van der Waals surface area contributed by atoms with Crippen LogP contribution >= 0.6 is 15.9 Å². The van der Waals surface area contributed by atoms with E-state index in [0.29, 0.717) is 17.7 Å². The van der Waals surface area contributed by atoms with Gasteiger partial charge in [-0.15, -0.1) is 0 Å². The Hall–Kier alpha value is -3.42. The van der Waals surface area contributed by atoms with Gasteiger partial charge in [-0.05, 0) is 62.3 Å². The second-order valence-corrected chi connectivity index (χ2v) is 9.73. The molecule has 0 saturated heterocycles. The van der Waals surface area contributed by atoms with Gasteiger partial charge in [0, 0.05) is 28.4 Å². The van der Waals surface area contributed by atoms with Gasteiger partial charge in [-0.25, -0.2) is 4.99 Å². The van der Waals surface area contributed by atoms with Gasteiger partial charge in [-0.3, -0.25) is 4.79 Å². The maximum Gasteiger partial charge on any atom is 0.303 e. The largest absolute Gasteiger partial charge is 0.494 e. The van der Waals surface area contributed by atoms with Gasteiger partial charge in [0.2, 0.25) is 0 Å². The molecule has 180 valence electrons. The number of carboxylic acid groups (broad SMARTS) is 1. The number of likely N-dealkylation sites (N-methyl/N-ethyl adjacent to an activating group) is 1. The van der Waals surface area contributed by atoms with Crippen molar-refractivity contribution in [1.82, 2.24) is 9.88 Å². The van der Waals surface area contributed by atoms with E-state index in [1.54, 1.807) is 0 Å². The molecule has 0 aliphatic carbocycles. The Morgan fingerprint density at radius 2 is 1.77 bits per heavy atom. The van der Waals surface area contributed by atoms with Gasteiger partial charge >= 0.3 is 5.97 Å². The van der Waals surface area contributed by atoms with Gasteiger partial charge in [0.15, 0.2) is 5.88 Å². The molecule has 35 heavy (non-hydrogen) atoms. The summed E-state index contributed by atoms with van der Waals surface area (Å²) in [5.74, 6) is -0.768. The van der Waals surface area contributed by atoms with E-state index in [0.717, 1.165) is 45.2 Å². The molecular formula is C28H28BrN3O3. The lowest BCUT2D eigenvalue weighted by atomic mass is 9.98. The number of halogens is 1. The molecule has 0 aliphatic rings. The fraction of sp³-hybridized carbons (Fsp3) is 0.214. The minimum Gasteiger partial charge on any atom is -0.494 e. The summed E-state index contributed by atoms with van der Waals surface area (Å²) in [6.45, 7) is 0.940. The van der Waals surface area contributed by atoms with Crippen LogP contribution in [0.25, 0.3) is 10.9 Å². The topological polar surface area (TPSA) is 88.9 Å². The molecule has 3 N–H and O–H groups in total. The molecule has 0 fully saturated rings. The molecule has 0 radical (unpaired) electrons. The van der Waals surface area contributed by atoms with Crippen LogP contribution in [0.2, 0.25) is 0 Å². The van der Waals surface area contributed by atoms with Crippen LogP contribution in [0.15, 0.2) is 76.2 Å². The second kappa shape index (κ2) is 10.9. The van der Waals surface area contributed by atoms with E-state index >= 15 is 0 Å². The summed E-state index contributed by atoms with van der Waals surface area (Å²) in [5, 5.41) is 20.8. The standard InChI is InChI=1S/C28H28BrN3O3/c1-32(2)15-14-19-4-3-5-22(16-19)30-27(20-9-6-18(7-10-20)8-13-25(33)34)26-23-12-11-21(29)17-24(23)31-28(26)35/h3-7,9-12,16-17,31,35H,8,13-15H2,1-2H3,(H,33,34). The fourth-order valence-electron chi connectivity index (χ4n) is 4.00. The zero-order valence-corrected chi connectivity index (χ0v) is 21.3. The third kappa shape index (κ3) is 6.18. The first-order chi connectivity index (χ1) is 16.8. The van der Waals surface area contributed by atoms with Gasteiger partial charge in [0.25, 0.3) is 0 Å². The van der Waals surface area contributed by atoms with Gasteiger partial charge in [0.05, 0.1) is 22.5 Å². The zero-order chi connectivity index (χ0) is 24.9. The van der Waals surface area contributed by atoms with Gasteiger partial charge in [-0.1, -0.05) is 58.4 Å². The first-order valence-corrected chi connectivity index (χ1v) is 12.2. The molecule has 0 saturated carbocycles. The third-order valence-corrected chi connectivity index (χ3v) is 6.32. The number of aryl methyl sites for hydroxylation is 1. The van der Waals surface area contributed by atoms with E-state index in [1.165, 1.54) is 5.56 Å². The van der Waals surface area contributed by atoms with E-state index in [2.05, 4.69) is 52.0 Å². The smallest absolute Gasteiger partial charge is 0.303 e. The molecule has 1 heterocycles. The SMILES string of the molecule is CN(C)CCc1cccc(N=C(c2ccc(CCC(=O)O)cc2)c2c(O)[nH]c3cc(Br)ccc23)c1. The Balaban J connectivity index is 1.80. The molecule has 4 aromatic rings. The number of H-pyrrole nitrogens is 1. The van der Waals surface area contributed by atoms with Crippen LogP contribution in [0.5, 0.6) is 5.88 Å². The zero-order valence-electron chi connectivity index (χ0n) is 19.8. The molecule has 0 atom stereocenters. The first kappa shape index (κ1) is 24.7. The summed E-state index contributed by atoms with van der Waals surface area (Å²) >= 11 is 3.49. The Bertz CT molecular complexity index is 1370. The molecule has 6 nitrogen and oxygen atoms in total. The minimum atomic E-state index is -0.819. The third-order valence-electron chi connectivity index (χ3n) is 5.83. The number of benzene rings is 3. The van der Waals surface area contributed by atoms with Crippen molar-refractivity contribution in [2.24, 2.45) is 4.99 Å². The molecule has 0 bridgehead atoms. The number of aromatic hydroxyl groups is 1. The van der Waals surface area contributed by atoms with Crippen molar-refractivity contribution in [3.8, 4) is 5.88 Å². The number of fused-ring (bicyclic) bond motifs is 1. The Labute approximate surface area is 213 Å². The first-order valence-electron chi connectivity index (χ1n) is 11.4. The maximum atomic E-state index is 10.9. The number of rotatable bonds is 9. The molecule has 1 aromatic heterocycles. The number of carbonyl (C=O) groups is 1. The Kier molecular flexibility index (Phi) is 7.68. The molecule has 0 aliphatic heterocycles. The van der Waals surface area contributed by atoms with Gasteiger partial charge in [0.1, 0.15) is 0 Å². The normalized spacial score (nSPS) is 11.9. The van der Waals surface area contributed by atoms with E-state index in [-0.39, 0.29) is 12.3 Å². The number of aliphatic carboxylic acids is 1. The molecule has 0 unspecified atom stereocenters. The quantitative estimate of drug-likeness (QED) is 0.233. The number of nitrogens with one attached hydrogen (secondary N) is 1. The van der Waals surface area contributed by atoms with Crippen LogP contribution in [0.4, 0.5) is 5.69 Å². The molecule has 0 amide bonds. The molecule has 0 spiro atoms. The highest BCUT2D eigenvalue weighted by Crippen LogP contribution is 2.33. The van der Waals surface area contributed by atoms with Crippen molar-refractivity contribution < 1.29 is 15.0 Å². The van der Waals surface area contributed by atoms with Crippen LogP contribution in [0.1, 0.15) is 28.7 Å². The van der Waals surface area contributed by atoms with Crippen LogP contribution in [-0.2, 0) is 17.6 Å². The van der Waals surface area contributed by atoms with Crippen LogP contribution in [0, 0.1) is 0 Å². The monoisotopic (exact) mass is 533 g/mol. The van der Waals surface area contributed by atoms with Gasteiger partial charge in [-0.2, -0.15) is 0 Å². The fourth-order valence-corrected chi connectivity index (χ4v) is 4.36. The highest BCUT2D eigenvalue weighted by atomic mass is 79.9. The van der Waals surface area contributed by atoms with E-state index < -0.39 is 5.97 Å². The lowest BCUT2D eigenvalue weighted by molar-refractivity contribution is -0.136. The number of hydrogen-bond donors (Lipinski definition) is 3. The van der Waals surface area contributed by atoms with Crippen molar-refractivity contribution in [2.45, 2.75) is 19.3 Å². The van der Waals surface area contributed by atoms with Crippen molar-refractivity contribution in [2.75, 3.05) is 20.6 Å². The second-order valence-electron chi connectivity index (χ2n) is 8.81. The molecular weight excluding hydrogens is 506 g/mol. The summed E-state index contributed by atoms with van der Waals surface area (Å²) < 4.78 is 0.910. The van der Waals surface area contributed by atoms with Crippen LogP contribution < -0.4 is 0 Å². The van der Waals surface area contributed by atoms with E-state index in [9.17, 15) is 9.90 Å². The highest BCUT2D eigenvalue weighted by Gasteiger charge is 2.19. The van der Waals surface area contributed by atoms with E-state index in [1.807, 2.05) is 54.6 Å². The Morgan fingerprint density at radius 3 is 2.49 bits per heavy atom. The predicted molar refractivity (Wildman–Crippen MR) is 144 cm³/mol. The summed E-state index contributed by atoms with van der Waals surface area (Å²) in [7, 11) is 4.11.